The van der Waals surface area contributed by atoms with Crippen LogP contribution in [0.25, 0.3) is 0 Å². The van der Waals surface area contributed by atoms with Crippen molar-refractivity contribution in [3.63, 3.8) is 0 Å². The molecule has 6 nitrogen and oxygen atoms in total. The van der Waals surface area contributed by atoms with Gasteiger partial charge in [0.05, 0.1) is 6.04 Å². The number of hydrogen-bond acceptors (Lipinski definition) is 5. The summed E-state index contributed by atoms with van der Waals surface area (Å²) in [4.78, 5) is 13.3. The van der Waals surface area contributed by atoms with Crippen LogP contribution in [0.5, 0.6) is 0 Å². The highest BCUT2D eigenvalue weighted by molar-refractivity contribution is 8.00. The number of aromatic nitrogens is 3. The molecule has 1 amide bonds. The molecular formula is C22H24ClN5OS. The second kappa shape index (κ2) is 8.70. The summed E-state index contributed by atoms with van der Waals surface area (Å²) in [6.45, 7) is 6.10. The van der Waals surface area contributed by atoms with Crippen LogP contribution in [0, 0.1) is 6.92 Å². The SMILES string of the molecule is CCc1ccc([C@H]2Nn3c(CC)nnc3S[C@@H]2C(=O)Nc2ccc(C)c(Cl)c2)cc1. The van der Waals surface area contributed by atoms with Crippen LogP contribution in [-0.2, 0) is 17.6 Å². The van der Waals surface area contributed by atoms with Gasteiger partial charge in [-0.2, -0.15) is 0 Å². The van der Waals surface area contributed by atoms with Crippen LogP contribution in [0.4, 0.5) is 5.69 Å². The minimum Gasteiger partial charge on any atom is -0.325 e. The van der Waals surface area contributed by atoms with Crippen molar-refractivity contribution in [3.8, 4) is 0 Å². The first-order chi connectivity index (χ1) is 14.5. The molecule has 2 aromatic carbocycles. The zero-order chi connectivity index (χ0) is 21.3. The first-order valence-corrected chi connectivity index (χ1v) is 11.3. The maximum Gasteiger partial charge on any atom is 0.240 e. The Morgan fingerprint density at radius 2 is 1.93 bits per heavy atom. The highest BCUT2D eigenvalue weighted by Gasteiger charge is 2.37. The van der Waals surface area contributed by atoms with Gasteiger partial charge in [-0.1, -0.05) is 67.5 Å². The van der Waals surface area contributed by atoms with E-state index in [0.717, 1.165) is 29.8 Å². The van der Waals surface area contributed by atoms with Gasteiger partial charge in [0.2, 0.25) is 11.1 Å². The summed E-state index contributed by atoms with van der Waals surface area (Å²) in [5, 5.41) is 12.4. The summed E-state index contributed by atoms with van der Waals surface area (Å²) < 4.78 is 1.90. The van der Waals surface area contributed by atoms with Crippen LogP contribution in [-0.4, -0.2) is 26.0 Å². The Kier molecular flexibility index (Phi) is 6.01. The van der Waals surface area contributed by atoms with E-state index < -0.39 is 5.25 Å². The second-order valence-electron chi connectivity index (χ2n) is 7.28. The third-order valence-corrected chi connectivity index (χ3v) is 6.89. The molecule has 30 heavy (non-hydrogen) atoms. The van der Waals surface area contributed by atoms with E-state index in [1.54, 1.807) is 6.07 Å². The third kappa shape index (κ3) is 4.04. The van der Waals surface area contributed by atoms with Gasteiger partial charge in [-0.15, -0.1) is 10.2 Å². The zero-order valence-electron chi connectivity index (χ0n) is 17.1. The Labute approximate surface area is 185 Å². The van der Waals surface area contributed by atoms with Gasteiger partial charge in [0.1, 0.15) is 5.25 Å². The number of carbonyl (C=O) groups excluding carboxylic acids is 1. The molecule has 156 valence electrons. The quantitative estimate of drug-likeness (QED) is 0.597. The van der Waals surface area contributed by atoms with Gasteiger partial charge >= 0.3 is 0 Å². The standard InChI is InChI=1S/C22H24ClN5OS/c1-4-14-7-9-15(10-8-14)19-20(30-22-26-25-18(5-2)28(22)27-19)21(29)24-16-11-6-13(3)17(23)12-16/h6-12,19-20,27H,4-5H2,1-3H3,(H,24,29)/t19-,20+/m1/s1. The molecule has 1 aliphatic heterocycles. The van der Waals surface area contributed by atoms with Crippen LogP contribution >= 0.6 is 23.4 Å². The van der Waals surface area contributed by atoms with Crippen molar-refractivity contribution < 1.29 is 4.79 Å². The molecule has 0 radical (unpaired) electrons. The number of nitrogens with one attached hydrogen (secondary N) is 2. The molecule has 8 heteroatoms. The van der Waals surface area contributed by atoms with Crippen molar-refractivity contribution in [1.82, 2.24) is 14.9 Å². The molecular weight excluding hydrogens is 418 g/mol. The van der Waals surface area contributed by atoms with E-state index in [-0.39, 0.29) is 11.9 Å². The molecule has 0 unspecified atom stereocenters. The van der Waals surface area contributed by atoms with E-state index in [4.69, 9.17) is 11.6 Å². The molecule has 0 aliphatic carbocycles. The topological polar surface area (TPSA) is 71.8 Å². The molecule has 0 spiro atoms. The fourth-order valence-electron chi connectivity index (χ4n) is 3.42. The monoisotopic (exact) mass is 441 g/mol. The van der Waals surface area contributed by atoms with Crippen molar-refractivity contribution in [3.05, 3.63) is 70.0 Å². The fourth-order valence-corrected chi connectivity index (χ4v) is 4.70. The van der Waals surface area contributed by atoms with Crippen LogP contribution in [0.1, 0.15) is 42.4 Å². The smallest absolute Gasteiger partial charge is 0.240 e. The number of nitrogens with zero attached hydrogens (tertiary/aromatic N) is 3. The summed E-state index contributed by atoms with van der Waals surface area (Å²) in [5.41, 5.74) is 7.43. The van der Waals surface area contributed by atoms with Gasteiger partial charge in [0.15, 0.2) is 5.82 Å². The number of amides is 1. The third-order valence-electron chi connectivity index (χ3n) is 5.26. The van der Waals surface area contributed by atoms with E-state index in [9.17, 15) is 4.79 Å². The molecule has 1 aliphatic rings. The predicted molar refractivity (Wildman–Crippen MR) is 122 cm³/mol. The minimum absolute atomic E-state index is 0.107. The van der Waals surface area contributed by atoms with Crippen molar-refractivity contribution in [2.24, 2.45) is 0 Å². The average Bonchev–Trinajstić information content (AvgIpc) is 3.17. The second-order valence-corrected chi connectivity index (χ2v) is 8.80. The number of carbonyl (C=O) groups is 1. The molecule has 0 saturated carbocycles. The van der Waals surface area contributed by atoms with Gasteiger partial charge in [-0.05, 0) is 42.2 Å². The summed E-state index contributed by atoms with van der Waals surface area (Å²) in [7, 11) is 0. The summed E-state index contributed by atoms with van der Waals surface area (Å²) in [5.74, 6) is 0.737. The number of fused-ring (bicyclic) bond motifs is 1. The summed E-state index contributed by atoms with van der Waals surface area (Å²) >= 11 is 7.65. The van der Waals surface area contributed by atoms with E-state index in [0.29, 0.717) is 15.9 Å². The highest BCUT2D eigenvalue weighted by Crippen LogP contribution is 2.38. The predicted octanol–water partition coefficient (Wildman–Crippen LogP) is 4.76. The number of thioether (sulfide) groups is 1. The van der Waals surface area contributed by atoms with Crippen LogP contribution in [0.3, 0.4) is 0 Å². The lowest BCUT2D eigenvalue weighted by molar-refractivity contribution is -0.116. The Morgan fingerprint density at radius 1 is 1.17 bits per heavy atom. The van der Waals surface area contributed by atoms with Gasteiger partial charge in [-0.3, -0.25) is 4.79 Å². The fraction of sp³-hybridized carbons (Fsp3) is 0.318. The average molecular weight is 442 g/mol. The summed E-state index contributed by atoms with van der Waals surface area (Å²) in [6, 6.07) is 13.7. The molecule has 3 aromatic rings. The normalized spacial score (nSPS) is 17.9. The lowest BCUT2D eigenvalue weighted by Gasteiger charge is -2.33. The number of halogens is 1. The maximum atomic E-state index is 13.3. The lowest BCUT2D eigenvalue weighted by Crippen LogP contribution is -2.41. The Hall–Kier alpha value is -2.51. The van der Waals surface area contributed by atoms with Crippen LogP contribution in [0.15, 0.2) is 47.6 Å². The molecule has 2 heterocycles. The van der Waals surface area contributed by atoms with E-state index in [2.05, 4.69) is 52.1 Å². The van der Waals surface area contributed by atoms with Gasteiger partial charge in [-0.25, -0.2) is 4.68 Å². The maximum absolute atomic E-state index is 13.3. The zero-order valence-corrected chi connectivity index (χ0v) is 18.7. The largest absolute Gasteiger partial charge is 0.325 e. The number of benzene rings is 2. The van der Waals surface area contributed by atoms with Gasteiger partial charge < -0.3 is 10.7 Å². The Morgan fingerprint density at radius 3 is 2.60 bits per heavy atom. The number of anilines is 1. The molecule has 2 atom stereocenters. The van der Waals surface area contributed by atoms with E-state index in [1.165, 1.54) is 17.3 Å². The first-order valence-electron chi connectivity index (χ1n) is 10.0. The van der Waals surface area contributed by atoms with Crippen molar-refractivity contribution >= 4 is 35.0 Å². The number of hydrogen-bond donors (Lipinski definition) is 2. The highest BCUT2D eigenvalue weighted by atomic mass is 35.5. The Bertz CT molecular complexity index is 1070. The van der Waals surface area contributed by atoms with Gasteiger partial charge in [0, 0.05) is 17.1 Å². The number of rotatable bonds is 5. The van der Waals surface area contributed by atoms with Crippen LogP contribution in [0.2, 0.25) is 5.02 Å². The summed E-state index contributed by atoms with van der Waals surface area (Å²) in [6.07, 6.45) is 1.72. The molecule has 0 fully saturated rings. The first kappa shape index (κ1) is 20.8. The molecule has 1 aromatic heterocycles. The van der Waals surface area contributed by atoms with E-state index >= 15 is 0 Å². The van der Waals surface area contributed by atoms with E-state index in [1.807, 2.05) is 30.7 Å². The number of aryl methyl sites for hydroxylation is 3. The Balaban J connectivity index is 1.66. The van der Waals surface area contributed by atoms with Crippen LogP contribution < -0.4 is 10.7 Å². The van der Waals surface area contributed by atoms with Gasteiger partial charge in [0.25, 0.3) is 0 Å². The molecule has 0 saturated heterocycles. The molecule has 4 rings (SSSR count). The van der Waals surface area contributed by atoms with Crippen molar-refractivity contribution in [2.45, 2.75) is 50.1 Å². The lowest BCUT2D eigenvalue weighted by atomic mass is 10.0. The minimum atomic E-state index is -0.418. The van der Waals surface area contributed by atoms with Crippen molar-refractivity contribution in [1.29, 1.82) is 0 Å². The molecule has 0 bridgehead atoms. The molecule has 2 N–H and O–H groups in total. The van der Waals surface area contributed by atoms with Crippen molar-refractivity contribution in [2.75, 3.05) is 10.7 Å².